The smallest absolute Gasteiger partial charge is 0.182 e. The molecule has 70 valence electrons. The zero-order valence-corrected chi connectivity index (χ0v) is 7.81. The monoisotopic (exact) mass is 170 g/mol. The van der Waals surface area contributed by atoms with E-state index in [2.05, 4.69) is 10.3 Å². The molecule has 12 heavy (non-hydrogen) atoms. The van der Waals surface area contributed by atoms with Crippen molar-refractivity contribution in [3.05, 3.63) is 0 Å². The summed E-state index contributed by atoms with van der Waals surface area (Å²) in [5, 5.41) is 3.22. The van der Waals surface area contributed by atoms with Gasteiger partial charge in [-0.05, 0) is 32.4 Å². The number of methoxy groups -OCH3 is 1. The maximum atomic E-state index is 4.86. The number of nitrogens with zero attached hydrogens (tertiary/aromatic N) is 1. The fourth-order valence-corrected chi connectivity index (χ4v) is 1.30. The van der Waals surface area contributed by atoms with Gasteiger partial charge in [-0.3, -0.25) is 4.99 Å². The van der Waals surface area contributed by atoms with Crippen LogP contribution in [0.1, 0.15) is 25.7 Å². The Morgan fingerprint density at radius 3 is 2.25 bits per heavy atom. The summed E-state index contributed by atoms with van der Waals surface area (Å²) >= 11 is 0. The number of rotatable bonds is 0. The SMILES string of the molecule is C1CCNC1.COC1=NCCC1. The van der Waals surface area contributed by atoms with Crippen LogP contribution in [-0.2, 0) is 4.74 Å². The lowest BCUT2D eigenvalue weighted by atomic mass is 10.4. The Hall–Kier alpha value is -0.570. The van der Waals surface area contributed by atoms with Gasteiger partial charge in [0.05, 0.1) is 7.11 Å². The molecule has 3 heteroatoms. The highest BCUT2D eigenvalue weighted by Gasteiger charge is 2.02. The van der Waals surface area contributed by atoms with Crippen LogP contribution in [0, 0.1) is 0 Å². The van der Waals surface area contributed by atoms with E-state index in [1.54, 1.807) is 7.11 Å². The Morgan fingerprint density at radius 1 is 1.25 bits per heavy atom. The fourth-order valence-electron chi connectivity index (χ4n) is 1.30. The predicted molar refractivity (Wildman–Crippen MR) is 50.6 cm³/mol. The first-order chi connectivity index (χ1) is 5.93. The van der Waals surface area contributed by atoms with E-state index in [0.717, 1.165) is 18.9 Å². The summed E-state index contributed by atoms with van der Waals surface area (Å²) in [6.07, 6.45) is 4.99. The average Bonchev–Trinajstić information content (AvgIpc) is 2.81. The van der Waals surface area contributed by atoms with Crippen LogP contribution >= 0.6 is 0 Å². The molecule has 0 spiro atoms. The zero-order valence-electron chi connectivity index (χ0n) is 7.81. The van der Waals surface area contributed by atoms with E-state index in [1.165, 1.54) is 32.4 Å². The van der Waals surface area contributed by atoms with Gasteiger partial charge in [0.2, 0.25) is 0 Å². The minimum atomic E-state index is 0.917. The van der Waals surface area contributed by atoms with Gasteiger partial charge in [0, 0.05) is 13.0 Å². The molecule has 0 unspecified atom stereocenters. The first kappa shape index (κ1) is 9.52. The van der Waals surface area contributed by atoms with Crippen molar-refractivity contribution < 1.29 is 4.74 Å². The van der Waals surface area contributed by atoms with Crippen LogP contribution in [0.25, 0.3) is 0 Å². The summed E-state index contributed by atoms with van der Waals surface area (Å²) < 4.78 is 4.86. The van der Waals surface area contributed by atoms with E-state index in [0.29, 0.717) is 0 Å². The summed E-state index contributed by atoms with van der Waals surface area (Å²) in [5.41, 5.74) is 0. The van der Waals surface area contributed by atoms with Crippen LogP contribution in [0.15, 0.2) is 4.99 Å². The molecule has 0 bridgehead atoms. The Balaban J connectivity index is 0.000000127. The molecule has 2 rings (SSSR count). The van der Waals surface area contributed by atoms with Gasteiger partial charge in [0.15, 0.2) is 5.90 Å². The molecule has 1 fully saturated rings. The Bertz CT molecular complexity index is 134. The summed E-state index contributed by atoms with van der Waals surface area (Å²) in [7, 11) is 1.67. The minimum absolute atomic E-state index is 0.917. The highest BCUT2D eigenvalue weighted by atomic mass is 16.5. The Kier molecular flexibility index (Phi) is 4.76. The molecule has 1 saturated heterocycles. The second kappa shape index (κ2) is 6.00. The first-order valence-electron chi connectivity index (χ1n) is 4.71. The summed E-state index contributed by atoms with van der Waals surface area (Å²) in [4.78, 5) is 4.05. The second-order valence-corrected chi connectivity index (χ2v) is 3.04. The molecule has 0 aromatic carbocycles. The van der Waals surface area contributed by atoms with Crippen molar-refractivity contribution in [2.45, 2.75) is 25.7 Å². The molecule has 0 saturated carbocycles. The van der Waals surface area contributed by atoms with Crippen molar-refractivity contribution in [1.29, 1.82) is 0 Å². The third-order valence-electron chi connectivity index (χ3n) is 2.03. The number of hydrogen-bond donors (Lipinski definition) is 1. The third kappa shape index (κ3) is 3.72. The third-order valence-corrected chi connectivity index (χ3v) is 2.03. The summed E-state index contributed by atoms with van der Waals surface area (Å²) in [6, 6.07) is 0. The van der Waals surface area contributed by atoms with Crippen LogP contribution in [0.4, 0.5) is 0 Å². The number of hydrogen-bond acceptors (Lipinski definition) is 3. The second-order valence-electron chi connectivity index (χ2n) is 3.04. The maximum Gasteiger partial charge on any atom is 0.182 e. The summed E-state index contributed by atoms with van der Waals surface area (Å²) in [5.74, 6) is 0.917. The van der Waals surface area contributed by atoms with Gasteiger partial charge in [-0.15, -0.1) is 0 Å². The fraction of sp³-hybridized carbons (Fsp3) is 0.889. The molecule has 0 radical (unpaired) electrons. The van der Waals surface area contributed by atoms with Gasteiger partial charge in [0.25, 0.3) is 0 Å². The molecule has 0 aromatic rings. The van der Waals surface area contributed by atoms with Crippen LogP contribution in [0.5, 0.6) is 0 Å². The van der Waals surface area contributed by atoms with Crippen molar-refractivity contribution in [3.63, 3.8) is 0 Å². The largest absolute Gasteiger partial charge is 0.484 e. The van der Waals surface area contributed by atoms with Crippen molar-refractivity contribution in [2.24, 2.45) is 4.99 Å². The van der Waals surface area contributed by atoms with E-state index < -0.39 is 0 Å². The van der Waals surface area contributed by atoms with Gasteiger partial charge in [-0.25, -0.2) is 0 Å². The standard InChI is InChI=1S/C5H9NO.C4H9N/c1-7-5-3-2-4-6-5;1-2-4-5-3-1/h2-4H2,1H3;5H,1-4H2. The molecular weight excluding hydrogens is 152 g/mol. The van der Waals surface area contributed by atoms with Gasteiger partial charge >= 0.3 is 0 Å². The highest BCUT2D eigenvalue weighted by molar-refractivity contribution is 5.77. The van der Waals surface area contributed by atoms with Crippen molar-refractivity contribution in [3.8, 4) is 0 Å². The lowest BCUT2D eigenvalue weighted by molar-refractivity contribution is 0.395. The highest BCUT2D eigenvalue weighted by Crippen LogP contribution is 2.02. The van der Waals surface area contributed by atoms with E-state index in [4.69, 9.17) is 4.74 Å². The van der Waals surface area contributed by atoms with Crippen molar-refractivity contribution in [2.75, 3.05) is 26.7 Å². The molecule has 3 nitrogen and oxygen atoms in total. The van der Waals surface area contributed by atoms with E-state index in [-0.39, 0.29) is 0 Å². The lowest BCUT2D eigenvalue weighted by Crippen LogP contribution is -2.03. The van der Waals surface area contributed by atoms with Gasteiger partial charge < -0.3 is 10.1 Å². The van der Waals surface area contributed by atoms with E-state index in [1.807, 2.05) is 0 Å². The number of ether oxygens (including phenoxy) is 1. The van der Waals surface area contributed by atoms with Crippen LogP contribution < -0.4 is 5.32 Å². The molecular formula is C9H18N2O. The predicted octanol–water partition coefficient (Wildman–Crippen LogP) is 1.19. The quantitative estimate of drug-likeness (QED) is 0.592. The van der Waals surface area contributed by atoms with Crippen LogP contribution in [-0.4, -0.2) is 32.6 Å². The maximum absolute atomic E-state index is 4.86. The minimum Gasteiger partial charge on any atom is -0.484 e. The Labute approximate surface area is 74.2 Å². The molecule has 0 aliphatic carbocycles. The molecule has 2 heterocycles. The van der Waals surface area contributed by atoms with Crippen LogP contribution in [0.3, 0.4) is 0 Å². The van der Waals surface area contributed by atoms with Crippen molar-refractivity contribution in [1.82, 2.24) is 5.32 Å². The van der Waals surface area contributed by atoms with E-state index in [9.17, 15) is 0 Å². The van der Waals surface area contributed by atoms with E-state index >= 15 is 0 Å². The topological polar surface area (TPSA) is 33.6 Å². The van der Waals surface area contributed by atoms with Gasteiger partial charge in [-0.2, -0.15) is 0 Å². The molecule has 0 atom stereocenters. The Morgan fingerprint density at radius 2 is 2.00 bits per heavy atom. The zero-order chi connectivity index (χ0) is 8.65. The normalized spacial score (nSPS) is 21.2. The first-order valence-corrected chi connectivity index (χ1v) is 4.71. The molecule has 0 amide bonds. The lowest BCUT2D eigenvalue weighted by Gasteiger charge is -1.91. The average molecular weight is 170 g/mol. The van der Waals surface area contributed by atoms with Gasteiger partial charge in [-0.1, -0.05) is 0 Å². The molecule has 2 aliphatic rings. The number of nitrogens with one attached hydrogen (secondary N) is 1. The van der Waals surface area contributed by atoms with Crippen molar-refractivity contribution >= 4 is 5.90 Å². The van der Waals surface area contributed by atoms with Crippen LogP contribution in [0.2, 0.25) is 0 Å². The molecule has 1 N–H and O–H groups in total. The molecule has 0 aromatic heterocycles. The molecule has 2 aliphatic heterocycles. The number of aliphatic imine (C=N–C) groups is 1. The summed E-state index contributed by atoms with van der Waals surface area (Å²) in [6.45, 7) is 3.46. The van der Waals surface area contributed by atoms with Gasteiger partial charge in [0.1, 0.15) is 0 Å².